The van der Waals surface area contributed by atoms with Crippen LogP contribution in [0.25, 0.3) is 11.4 Å². The first-order chi connectivity index (χ1) is 13.5. The largest absolute Gasteiger partial charge is 0.491 e. The maximum Gasteiger partial charge on any atom is 0.191 e. The lowest BCUT2D eigenvalue weighted by Crippen LogP contribution is -2.20. The summed E-state index contributed by atoms with van der Waals surface area (Å²) in [6, 6.07) is 14.0. The summed E-state index contributed by atoms with van der Waals surface area (Å²) in [7, 11) is 1.85. The number of aliphatic hydroxyl groups excluding tert-OH is 1. The first kappa shape index (κ1) is 20.4. The first-order valence-electron chi connectivity index (χ1n) is 9.13. The summed E-state index contributed by atoms with van der Waals surface area (Å²) in [5.41, 5.74) is 1.91. The highest BCUT2D eigenvalue weighted by molar-refractivity contribution is 7.99. The maximum absolute atomic E-state index is 13.1. The summed E-state index contributed by atoms with van der Waals surface area (Å²) >= 11 is 1.40. The van der Waals surface area contributed by atoms with E-state index in [4.69, 9.17) is 4.74 Å². The smallest absolute Gasteiger partial charge is 0.191 e. The quantitative estimate of drug-likeness (QED) is 0.571. The van der Waals surface area contributed by atoms with E-state index in [0.717, 1.165) is 16.9 Å². The number of aliphatic hydroxyl groups is 1. The van der Waals surface area contributed by atoms with Crippen LogP contribution in [0.5, 0.6) is 5.75 Å². The van der Waals surface area contributed by atoms with Gasteiger partial charge in [-0.2, -0.15) is 0 Å². The molecule has 0 aliphatic heterocycles. The summed E-state index contributed by atoms with van der Waals surface area (Å²) in [4.78, 5) is 0. The average Bonchev–Trinajstić information content (AvgIpc) is 3.06. The van der Waals surface area contributed by atoms with Crippen LogP contribution in [0.1, 0.15) is 25.3 Å². The second-order valence-electron chi connectivity index (χ2n) is 6.84. The van der Waals surface area contributed by atoms with Gasteiger partial charge in [0.05, 0.1) is 6.10 Å². The summed E-state index contributed by atoms with van der Waals surface area (Å²) in [5, 5.41) is 19.3. The summed E-state index contributed by atoms with van der Waals surface area (Å²) < 4.78 is 20.8. The van der Waals surface area contributed by atoms with Gasteiger partial charge in [-0.1, -0.05) is 43.8 Å². The Balaban J connectivity index is 1.57. The molecular weight excluding hydrogens is 377 g/mol. The minimum absolute atomic E-state index is 0.208. The van der Waals surface area contributed by atoms with Crippen molar-refractivity contribution in [2.45, 2.75) is 31.0 Å². The molecule has 2 aromatic carbocycles. The third-order valence-electron chi connectivity index (χ3n) is 4.31. The molecule has 0 spiro atoms. The van der Waals surface area contributed by atoms with E-state index in [1.165, 1.54) is 23.9 Å². The molecule has 0 amide bonds. The standard InChI is InChI=1S/C21H24FN3O2S/c1-14(2)18-6-4-5-7-19(18)27-12-17(26)13-28-21-24-23-20(25(21)3)15-8-10-16(22)11-9-15/h4-11,14,17,26H,12-13H2,1-3H3/t17-/m0/s1. The van der Waals surface area contributed by atoms with Crippen molar-refractivity contribution in [3.63, 3.8) is 0 Å². The van der Waals surface area contributed by atoms with Crippen molar-refractivity contribution < 1.29 is 14.2 Å². The van der Waals surface area contributed by atoms with E-state index in [2.05, 4.69) is 24.0 Å². The highest BCUT2D eigenvalue weighted by atomic mass is 32.2. The third kappa shape index (κ3) is 4.91. The van der Waals surface area contributed by atoms with Gasteiger partial charge in [0.25, 0.3) is 0 Å². The van der Waals surface area contributed by atoms with Crippen LogP contribution in [0.4, 0.5) is 4.39 Å². The molecule has 0 saturated heterocycles. The SMILES string of the molecule is CC(C)c1ccccc1OC[C@H](O)CSc1nnc(-c2ccc(F)cc2)n1C. The number of hydrogen-bond donors (Lipinski definition) is 1. The van der Waals surface area contributed by atoms with Gasteiger partial charge >= 0.3 is 0 Å². The van der Waals surface area contributed by atoms with Crippen LogP contribution in [0.15, 0.2) is 53.7 Å². The fourth-order valence-corrected chi connectivity index (χ4v) is 3.60. The molecule has 0 fully saturated rings. The van der Waals surface area contributed by atoms with Gasteiger partial charge < -0.3 is 14.4 Å². The van der Waals surface area contributed by atoms with Crippen molar-refractivity contribution in [2.24, 2.45) is 7.05 Å². The zero-order valence-corrected chi connectivity index (χ0v) is 17.0. The van der Waals surface area contributed by atoms with Crippen molar-refractivity contribution in [2.75, 3.05) is 12.4 Å². The van der Waals surface area contributed by atoms with Gasteiger partial charge in [0.15, 0.2) is 11.0 Å². The van der Waals surface area contributed by atoms with Crippen LogP contribution in [0.3, 0.4) is 0 Å². The molecule has 3 rings (SSSR count). The molecule has 1 aromatic heterocycles. The van der Waals surface area contributed by atoms with Gasteiger partial charge in [-0.15, -0.1) is 10.2 Å². The lowest BCUT2D eigenvalue weighted by Gasteiger charge is -2.16. The number of rotatable bonds is 8. The van der Waals surface area contributed by atoms with Crippen molar-refractivity contribution in [3.05, 3.63) is 59.9 Å². The first-order valence-corrected chi connectivity index (χ1v) is 10.1. The topological polar surface area (TPSA) is 60.2 Å². The molecule has 1 heterocycles. The molecule has 3 aromatic rings. The molecule has 28 heavy (non-hydrogen) atoms. The molecule has 0 bridgehead atoms. The monoisotopic (exact) mass is 401 g/mol. The van der Waals surface area contributed by atoms with E-state index in [1.54, 1.807) is 12.1 Å². The summed E-state index contributed by atoms with van der Waals surface area (Å²) in [6.07, 6.45) is -0.642. The van der Waals surface area contributed by atoms with Gasteiger partial charge in [0.2, 0.25) is 0 Å². The van der Waals surface area contributed by atoms with Crippen molar-refractivity contribution in [1.29, 1.82) is 0 Å². The van der Waals surface area contributed by atoms with E-state index in [9.17, 15) is 9.50 Å². The highest BCUT2D eigenvalue weighted by Gasteiger charge is 2.15. The molecular formula is C21H24FN3O2S. The molecule has 0 radical (unpaired) electrons. The molecule has 7 heteroatoms. The predicted octanol–water partition coefficient (Wildman–Crippen LogP) is 4.28. The molecule has 5 nitrogen and oxygen atoms in total. The minimum Gasteiger partial charge on any atom is -0.491 e. The lowest BCUT2D eigenvalue weighted by atomic mass is 10.0. The van der Waals surface area contributed by atoms with Crippen molar-refractivity contribution in [1.82, 2.24) is 14.8 Å². The number of hydrogen-bond acceptors (Lipinski definition) is 5. The zero-order valence-electron chi connectivity index (χ0n) is 16.2. The Labute approximate surface area is 168 Å². The van der Waals surface area contributed by atoms with Gasteiger partial charge in [-0.25, -0.2) is 4.39 Å². The van der Waals surface area contributed by atoms with E-state index < -0.39 is 6.10 Å². The van der Waals surface area contributed by atoms with Gasteiger partial charge in [-0.05, 0) is 41.8 Å². The molecule has 0 saturated carbocycles. The van der Waals surface area contributed by atoms with Crippen LogP contribution < -0.4 is 4.74 Å². The van der Waals surface area contributed by atoms with E-state index in [-0.39, 0.29) is 12.4 Å². The van der Waals surface area contributed by atoms with Gasteiger partial charge in [-0.3, -0.25) is 0 Å². The summed E-state index contributed by atoms with van der Waals surface area (Å²) in [5.74, 6) is 1.95. The highest BCUT2D eigenvalue weighted by Crippen LogP contribution is 2.27. The number of aromatic nitrogens is 3. The Morgan fingerprint density at radius 1 is 1.11 bits per heavy atom. The second kappa shape index (κ2) is 9.21. The van der Waals surface area contributed by atoms with Crippen LogP contribution >= 0.6 is 11.8 Å². The second-order valence-corrected chi connectivity index (χ2v) is 7.83. The Bertz CT molecular complexity index is 912. The Hall–Kier alpha value is -2.38. The number of halogens is 1. The maximum atomic E-state index is 13.1. The van der Waals surface area contributed by atoms with Gasteiger partial charge in [0.1, 0.15) is 18.2 Å². The van der Waals surface area contributed by atoms with Crippen LogP contribution in [-0.2, 0) is 7.05 Å². The van der Waals surface area contributed by atoms with Gasteiger partial charge in [0, 0.05) is 18.4 Å². The fourth-order valence-electron chi connectivity index (χ4n) is 2.78. The average molecular weight is 402 g/mol. The van der Waals surface area contributed by atoms with Crippen molar-refractivity contribution in [3.8, 4) is 17.1 Å². The van der Waals surface area contributed by atoms with Crippen LogP contribution in [0.2, 0.25) is 0 Å². The van der Waals surface area contributed by atoms with Crippen LogP contribution in [0, 0.1) is 5.82 Å². The minimum atomic E-state index is -0.642. The Kier molecular flexibility index (Phi) is 6.70. The normalized spacial score (nSPS) is 12.4. The third-order valence-corrected chi connectivity index (χ3v) is 5.48. The lowest BCUT2D eigenvalue weighted by molar-refractivity contribution is 0.125. The molecule has 0 aliphatic carbocycles. The van der Waals surface area contributed by atoms with E-state index in [0.29, 0.717) is 22.7 Å². The number of benzene rings is 2. The zero-order chi connectivity index (χ0) is 20.1. The number of para-hydroxylation sites is 1. The molecule has 148 valence electrons. The van der Waals surface area contributed by atoms with Crippen LogP contribution in [-0.4, -0.2) is 38.3 Å². The number of nitrogens with zero attached hydrogens (tertiary/aromatic N) is 3. The van der Waals surface area contributed by atoms with E-state index in [1.807, 2.05) is 35.9 Å². The molecule has 0 aliphatic rings. The fraction of sp³-hybridized carbons (Fsp3) is 0.333. The van der Waals surface area contributed by atoms with Crippen molar-refractivity contribution >= 4 is 11.8 Å². The molecule has 1 N–H and O–H groups in total. The number of ether oxygens (including phenoxy) is 1. The summed E-state index contributed by atoms with van der Waals surface area (Å²) in [6.45, 7) is 4.43. The molecule has 1 atom stereocenters. The van der Waals surface area contributed by atoms with E-state index >= 15 is 0 Å². The molecule has 0 unspecified atom stereocenters. The Morgan fingerprint density at radius 2 is 1.82 bits per heavy atom. The number of thioether (sulfide) groups is 1. The predicted molar refractivity (Wildman–Crippen MR) is 109 cm³/mol. The Morgan fingerprint density at radius 3 is 2.54 bits per heavy atom.